The van der Waals surface area contributed by atoms with Crippen LogP contribution in [-0.2, 0) is 23.2 Å². The minimum absolute atomic E-state index is 0.0572. The zero-order valence-corrected chi connectivity index (χ0v) is 34.5. The first kappa shape index (κ1) is 36.0. The average Bonchev–Trinajstić information content (AvgIpc) is 3.84. The summed E-state index contributed by atoms with van der Waals surface area (Å²) in [7, 11) is 3.13. The number of thiophene rings is 1. The van der Waals surface area contributed by atoms with Crippen LogP contribution in [0.2, 0.25) is 5.02 Å². The Kier molecular flexibility index (Phi) is 8.28. The molecule has 12 nitrogen and oxygen atoms in total. The summed E-state index contributed by atoms with van der Waals surface area (Å²) in [5.74, 6) is -2.31. The lowest BCUT2D eigenvalue weighted by Gasteiger charge is -2.47. The van der Waals surface area contributed by atoms with Crippen molar-refractivity contribution < 1.29 is 19.4 Å². The number of allylic oxidation sites excluding steroid dienone is 2. The fourth-order valence-electron chi connectivity index (χ4n) is 8.83. The third kappa shape index (κ3) is 4.95. The van der Waals surface area contributed by atoms with Crippen LogP contribution in [0.5, 0.6) is 11.5 Å². The molecule has 1 saturated carbocycles. The quantitative estimate of drug-likeness (QED) is 0.140. The van der Waals surface area contributed by atoms with E-state index in [1.165, 1.54) is 21.4 Å². The summed E-state index contributed by atoms with van der Waals surface area (Å²) in [5, 5.41) is 17.4. The van der Waals surface area contributed by atoms with Crippen LogP contribution in [0.3, 0.4) is 0 Å². The van der Waals surface area contributed by atoms with Crippen LogP contribution >= 0.6 is 54.8 Å². The van der Waals surface area contributed by atoms with Crippen LogP contribution in [0.4, 0.5) is 5.82 Å². The summed E-state index contributed by atoms with van der Waals surface area (Å²) in [4.78, 5) is 60.5. The Balaban J connectivity index is 1.23. The van der Waals surface area contributed by atoms with Crippen LogP contribution in [0.15, 0.2) is 90.8 Å². The van der Waals surface area contributed by atoms with Gasteiger partial charge in [-0.1, -0.05) is 35.9 Å². The summed E-state index contributed by atoms with van der Waals surface area (Å²) in [6.07, 6.45) is 1.96. The Bertz CT molecular complexity index is 2820. The molecule has 3 aromatic heterocycles. The van der Waals surface area contributed by atoms with Crippen molar-refractivity contribution in [3.05, 3.63) is 118 Å². The number of phenols is 1. The van der Waals surface area contributed by atoms with Gasteiger partial charge < -0.3 is 9.84 Å². The van der Waals surface area contributed by atoms with Crippen molar-refractivity contribution in [3.63, 3.8) is 0 Å². The minimum atomic E-state index is -1.38. The van der Waals surface area contributed by atoms with E-state index in [0.717, 1.165) is 25.1 Å². The van der Waals surface area contributed by atoms with Crippen molar-refractivity contribution in [2.45, 2.75) is 38.8 Å². The molecule has 3 aromatic carbocycles. The highest BCUT2D eigenvalue weighted by atomic mass is 79.9. The number of rotatable bonds is 5. The van der Waals surface area contributed by atoms with Gasteiger partial charge in [0.1, 0.15) is 11.5 Å². The number of aromatic nitrogens is 5. The Hall–Kier alpha value is -4.70. The molecule has 280 valence electrons. The van der Waals surface area contributed by atoms with E-state index in [2.05, 4.69) is 31.9 Å². The molecule has 1 aliphatic carbocycles. The van der Waals surface area contributed by atoms with E-state index in [1.54, 1.807) is 72.5 Å². The number of ether oxygens (including phenoxy) is 1. The van der Waals surface area contributed by atoms with Gasteiger partial charge in [-0.3, -0.25) is 14.3 Å². The molecule has 16 heteroatoms. The molecule has 0 spiro atoms. The van der Waals surface area contributed by atoms with Crippen LogP contribution < -0.4 is 21.0 Å². The normalized spacial score (nSPS) is 21.8. The number of para-hydroxylation sites is 1. The molecule has 2 amide bonds. The number of carbonyl (C=O) groups is 2. The third-order valence-electron chi connectivity index (χ3n) is 11.5. The molecule has 2 aliphatic heterocycles. The van der Waals surface area contributed by atoms with E-state index >= 15 is 4.79 Å². The first-order valence-electron chi connectivity index (χ1n) is 17.3. The molecule has 4 atom stereocenters. The number of fused-ring (bicyclic) bond motifs is 5. The maximum atomic E-state index is 15.2. The smallest absolute Gasteiger partial charge is 0.352 e. The SMILES string of the molecule is COc1cc(C2C3=CCn4c(=O)n(-c5ccccc5)c(=O)n4C3CC3C(=O)N(c4cc(-c5sc6ccc(Cl)cc6c5C)nn4C)C(=O)C32C)c(Br)c(Br)c1O. The summed E-state index contributed by atoms with van der Waals surface area (Å²) in [6, 6.07) is 17.0. The summed E-state index contributed by atoms with van der Waals surface area (Å²) in [6.45, 7) is 3.84. The van der Waals surface area contributed by atoms with Gasteiger partial charge in [-0.2, -0.15) is 5.10 Å². The summed E-state index contributed by atoms with van der Waals surface area (Å²) < 4.78 is 12.8. The van der Waals surface area contributed by atoms with Gasteiger partial charge in [0.25, 0.3) is 0 Å². The molecule has 0 radical (unpaired) electrons. The van der Waals surface area contributed by atoms with Gasteiger partial charge in [0, 0.05) is 33.2 Å². The molecule has 3 aliphatic rings. The second-order valence-corrected chi connectivity index (χ2v) is 17.3. The largest absolute Gasteiger partial charge is 0.503 e. The number of hydrogen-bond acceptors (Lipinski definition) is 8. The van der Waals surface area contributed by atoms with E-state index in [9.17, 15) is 19.5 Å². The molecule has 9 rings (SSSR count). The number of imide groups is 1. The second-order valence-electron chi connectivity index (χ2n) is 14.2. The zero-order valence-electron chi connectivity index (χ0n) is 29.7. The van der Waals surface area contributed by atoms with Gasteiger partial charge in [0.05, 0.1) is 46.1 Å². The van der Waals surface area contributed by atoms with Gasteiger partial charge in [-0.15, -0.1) is 11.3 Å². The lowest BCUT2D eigenvalue weighted by Crippen LogP contribution is -2.49. The predicted octanol–water partition coefficient (Wildman–Crippen LogP) is 7.48. The first-order chi connectivity index (χ1) is 26.3. The number of carbonyl (C=O) groups excluding carboxylic acids is 2. The standard InChI is InChI=1S/C39H31Br2ClN6O6S/c1-18-22-14-19(42)10-11-28(22)55-34(18)25-17-29(44(3)43-25)47-35(50)24-16-26-21(12-13-45-37(52)46(38(53)48(26)45)20-8-6-5-7-9-20)30(39(24,2)36(47)51)23-15-27(54-4)33(49)32(41)31(23)40/h5-12,14-15,17,24,26,30,49H,13,16H2,1-4H3. The number of nitrogens with zero attached hydrogens (tertiary/aromatic N) is 6. The number of aryl methyl sites for hydroxylation is 2. The highest BCUT2D eigenvalue weighted by Crippen LogP contribution is 2.63. The zero-order chi connectivity index (χ0) is 38.8. The van der Waals surface area contributed by atoms with Crippen molar-refractivity contribution in [3.8, 4) is 27.8 Å². The average molecular weight is 907 g/mol. The molecule has 1 N–H and O–H groups in total. The fraction of sp³-hybridized carbons (Fsp3) is 0.256. The Labute approximate surface area is 339 Å². The highest BCUT2D eigenvalue weighted by molar-refractivity contribution is 9.13. The lowest BCUT2D eigenvalue weighted by molar-refractivity contribution is -0.129. The molecule has 2 fully saturated rings. The van der Waals surface area contributed by atoms with Crippen LogP contribution in [-0.4, -0.2) is 47.7 Å². The Morgan fingerprint density at radius 1 is 1.02 bits per heavy atom. The van der Waals surface area contributed by atoms with E-state index in [4.69, 9.17) is 21.4 Å². The van der Waals surface area contributed by atoms with Crippen molar-refractivity contribution in [2.75, 3.05) is 12.0 Å². The Morgan fingerprint density at radius 2 is 1.76 bits per heavy atom. The van der Waals surface area contributed by atoms with Gasteiger partial charge in [0.2, 0.25) is 11.8 Å². The molecular weight excluding hydrogens is 876 g/mol. The van der Waals surface area contributed by atoms with Crippen molar-refractivity contribution >= 4 is 82.5 Å². The van der Waals surface area contributed by atoms with Crippen molar-refractivity contribution in [2.24, 2.45) is 18.4 Å². The minimum Gasteiger partial charge on any atom is -0.503 e. The number of anilines is 1. The van der Waals surface area contributed by atoms with E-state index < -0.39 is 46.5 Å². The molecular formula is C39H31Br2ClN6O6S. The van der Waals surface area contributed by atoms with Crippen molar-refractivity contribution in [1.29, 1.82) is 0 Å². The number of aromatic hydroxyl groups is 1. The van der Waals surface area contributed by atoms with E-state index in [0.29, 0.717) is 42.3 Å². The van der Waals surface area contributed by atoms with Crippen LogP contribution in [0, 0.1) is 18.3 Å². The van der Waals surface area contributed by atoms with Crippen LogP contribution in [0.25, 0.3) is 26.3 Å². The topological polar surface area (TPSA) is 134 Å². The fourth-order valence-corrected chi connectivity index (χ4v) is 11.1. The van der Waals surface area contributed by atoms with E-state index in [1.807, 2.05) is 31.2 Å². The maximum Gasteiger partial charge on any atom is 0.352 e. The summed E-state index contributed by atoms with van der Waals surface area (Å²) in [5.41, 5.74) is 0.816. The molecule has 6 aromatic rings. The number of methoxy groups -OCH3 is 1. The number of benzene rings is 3. The highest BCUT2D eigenvalue weighted by Gasteiger charge is 2.66. The molecule has 1 saturated heterocycles. The number of hydrogen-bond donors (Lipinski definition) is 1. The van der Waals surface area contributed by atoms with Gasteiger partial charge in [-0.25, -0.2) is 28.4 Å². The predicted molar refractivity (Wildman–Crippen MR) is 217 cm³/mol. The van der Waals surface area contributed by atoms with Crippen molar-refractivity contribution in [1.82, 2.24) is 23.7 Å². The first-order valence-corrected chi connectivity index (χ1v) is 20.1. The molecule has 0 bridgehead atoms. The monoisotopic (exact) mass is 904 g/mol. The maximum absolute atomic E-state index is 15.2. The van der Waals surface area contributed by atoms with Gasteiger partial charge >= 0.3 is 11.4 Å². The molecule has 55 heavy (non-hydrogen) atoms. The van der Waals surface area contributed by atoms with Gasteiger partial charge in [-0.05, 0) is 111 Å². The number of phenolic OH excluding ortho intramolecular Hbond substituents is 1. The number of halogens is 3. The number of amides is 2. The Morgan fingerprint density at radius 3 is 2.49 bits per heavy atom. The van der Waals surface area contributed by atoms with E-state index in [-0.39, 0.29) is 24.5 Å². The molecule has 5 heterocycles. The second kappa shape index (κ2) is 12.7. The van der Waals surface area contributed by atoms with Gasteiger partial charge in [0.15, 0.2) is 11.5 Å². The lowest BCUT2D eigenvalue weighted by atomic mass is 9.56. The third-order valence-corrected chi connectivity index (χ3v) is 15.2. The summed E-state index contributed by atoms with van der Waals surface area (Å²) >= 11 is 15.0. The molecule has 4 unspecified atom stereocenters. The van der Waals surface area contributed by atoms with Crippen LogP contribution in [0.1, 0.15) is 36.4 Å².